The third kappa shape index (κ3) is 3.91. The van der Waals surface area contributed by atoms with Crippen LogP contribution in [0.4, 0.5) is 13.2 Å². The number of nitrogens with one attached hydrogen (secondary N) is 1. The maximum atomic E-state index is 16.1. The summed E-state index contributed by atoms with van der Waals surface area (Å²) < 4.78 is 71.1. The zero-order valence-corrected chi connectivity index (χ0v) is 19.3. The number of hydrogen-bond acceptors (Lipinski definition) is 4. The maximum Gasteiger partial charge on any atom is 0.229 e. The number of alkyl halides is 1. The first-order chi connectivity index (χ1) is 15.9. The normalized spacial score (nSPS) is 28.2. The summed E-state index contributed by atoms with van der Waals surface area (Å²) in [4.78, 5) is 14.7. The molecule has 0 bridgehead atoms. The quantitative estimate of drug-likeness (QED) is 0.620. The lowest BCUT2D eigenvalue weighted by Crippen LogP contribution is -2.65. The van der Waals surface area contributed by atoms with Crippen molar-refractivity contribution in [3.05, 3.63) is 59.7 Å². The smallest absolute Gasteiger partial charge is 0.229 e. The molecule has 4 atom stereocenters. The van der Waals surface area contributed by atoms with Crippen LogP contribution in [0, 0.1) is 17.6 Å². The van der Waals surface area contributed by atoms with Crippen molar-refractivity contribution in [3.8, 4) is 11.1 Å². The highest BCUT2D eigenvalue weighted by Crippen LogP contribution is 2.59. The summed E-state index contributed by atoms with van der Waals surface area (Å²) in [6.45, 7) is 0.317. The van der Waals surface area contributed by atoms with Gasteiger partial charge in [0.15, 0.2) is 0 Å². The minimum atomic E-state index is -3.64. The minimum Gasteiger partial charge on any atom is -0.388 e. The van der Waals surface area contributed by atoms with Gasteiger partial charge < -0.3 is 10.0 Å². The van der Waals surface area contributed by atoms with E-state index in [0.717, 1.165) is 18.4 Å². The molecule has 1 saturated heterocycles. The molecule has 2 aliphatic carbocycles. The topological polar surface area (TPSA) is 86.7 Å². The molecule has 6 nitrogen and oxygen atoms in total. The Morgan fingerprint density at radius 1 is 1.15 bits per heavy atom. The van der Waals surface area contributed by atoms with E-state index in [1.807, 2.05) is 0 Å². The molecule has 5 rings (SSSR count). The molecule has 2 aromatic rings. The Morgan fingerprint density at radius 2 is 1.79 bits per heavy atom. The molecule has 34 heavy (non-hydrogen) atoms. The monoisotopic (exact) mass is 494 g/mol. The van der Waals surface area contributed by atoms with Gasteiger partial charge in [-0.05, 0) is 42.5 Å². The Kier molecular flexibility index (Phi) is 5.34. The number of sulfonamides is 1. The first-order valence-electron chi connectivity index (χ1n) is 11.2. The number of benzene rings is 2. The first kappa shape index (κ1) is 23.3. The number of halogens is 3. The van der Waals surface area contributed by atoms with E-state index in [2.05, 4.69) is 4.72 Å². The van der Waals surface area contributed by atoms with Gasteiger partial charge in [0.1, 0.15) is 17.3 Å². The summed E-state index contributed by atoms with van der Waals surface area (Å²) in [7, 11) is -3.64. The van der Waals surface area contributed by atoms with Crippen molar-refractivity contribution in [2.75, 3.05) is 12.8 Å². The standard InChI is InChI=1S/C24H25F3N2O4S/c1-34(32,33)28-21(23(31)10-11-23)19-9-12-29(19)22(30)16-13-24(16,27)15-6-3-2-5-14(15)20-17(25)7-4-8-18(20)26/h2-8,16,19,21,28,31H,9-13H2,1H3/t16-,19-,21+,24+/m0/s1. The highest BCUT2D eigenvalue weighted by atomic mass is 32.2. The van der Waals surface area contributed by atoms with Crippen LogP contribution in [0.3, 0.4) is 0 Å². The molecule has 2 saturated carbocycles. The van der Waals surface area contributed by atoms with Gasteiger partial charge in [-0.15, -0.1) is 0 Å². The summed E-state index contributed by atoms with van der Waals surface area (Å²) >= 11 is 0. The fourth-order valence-electron chi connectivity index (χ4n) is 5.08. The van der Waals surface area contributed by atoms with Crippen molar-refractivity contribution in [1.29, 1.82) is 0 Å². The molecular formula is C24H25F3N2O4S. The van der Waals surface area contributed by atoms with Gasteiger partial charge in [-0.1, -0.05) is 30.3 Å². The number of aliphatic hydroxyl groups is 1. The van der Waals surface area contributed by atoms with E-state index in [1.165, 1.54) is 23.1 Å². The predicted octanol–water partition coefficient (Wildman–Crippen LogP) is 2.86. The van der Waals surface area contributed by atoms with Gasteiger partial charge in [0, 0.05) is 13.0 Å². The Morgan fingerprint density at radius 3 is 2.35 bits per heavy atom. The van der Waals surface area contributed by atoms with Crippen LogP contribution in [0.5, 0.6) is 0 Å². The average Bonchev–Trinajstić information content (AvgIpc) is 3.63. The molecule has 0 spiro atoms. The predicted molar refractivity (Wildman–Crippen MR) is 119 cm³/mol. The summed E-state index contributed by atoms with van der Waals surface area (Å²) in [6.07, 6.45) is 2.15. The van der Waals surface area contributed by atoms with E-state index in [0.29, 0.717) is 25.8 Å². The zero-order chi connectivity index (χ0) is 24.5. The Hall–Kier alpha value is -2.43. The molecule has 2 N–H and O–H groups in total. The molecular weight excluding hydrogens is 469 g/mol. The highest BCUT2D eigenvalue weighted by molar-refractivity contribution is 7.88. The van der Waals surface area contributed by atoms with E-state index < -0.39 is 56.8 Å². The second kappa shape index (κ2) is 7.79. The van der Waals surface area contributed by atoms with E-state index in [1.54, 1.807) is 12.1 Å². The molecule has 1 heterocycles. The third-order valence-electron chi connectivity index (χ3n) is 7.21. The number of amides is 1. The Labute approximate surface area is 195 Å². The van der Waals surface area contributed by atoms with Gasteiger partial charge in [0.05, 0.1) is 35.4 Å². The lowest BCUT2D eigenvalue weighted by molar-refractivity contribution is -0.144. The Balaban J connectivity index is 1.41. The van der Waals surface area contributed by atoms with Gasteiger partial charge >= 0.3 is 0 Å². The van der Waals surface area contributed by atoms with Crippen LogP contribution < -0.4 is 4.72 Å². The average molecular weight is 495 g/mol. The zero-order valence-electron chi connectivity index (χ0n) is 18.5. The SMILES string of the molecule is CS(=O)(=O)N[C@H]([C@@H]1CCN1C(=O)[C@@H]1C[C@@]1(F)c1ccccc1-c1c(F)cccc1F)C1(O)CC1. The molecule has 0 radical (unpaired) electrons. The number of carbonyl (C=O) groups excluding carboxylic acids is 1. The van der Waals surface area contributed by atoms with Crippen LogP contribution in [-0.4, -0.2) is 54.8 Å². The van der Waals surface area contributed by atoms with E-state index >= 15 is 4.39 Å². The van der Waals surface area contributed by atoms with Crippen molar-refractivity contribution >= 4 is 15.9 Å². The van der Waals surface area contributed by atoms with Crippen LogP contribution in [0.1, 0.15) is 31.2 Å². The van der Waals surface area contributed by atoms with Gasteiger partial charge in [-0.3, -0.25) is 4.79 Å². The molecule has 3 aliphatic rings. The largest absolute Gasteiger partial charge is 0.388 e. The molecule has 3 fully saturated rings. The van der Waals surface area contributed by atoms with Gasteiger partial charge in [0.2, 0.25) is 15.9 Å². The maximum absolute atomic E-state index is 16.1. The second-order valence-electron chi connectivity index (χ2n) is 9.62. The fourth-order valence-corrected chi connectivity index (χ4v) is 5.92. The Bertz CT molecular complexity index is 1250. The highest BCUT2D eigenvalue weighted by Gasteiger charge is 2.65. The summed E-state index contributed by atoms with van der Waals surface area (Å²) in [5, 5.41) is 10.6. The van der Waals surface area contributed by atoms with Crippen LogP contribution in [-0.2, 0) is 20.5 Å². The van der Waals surface area contributed by atoms with Crippen molar-refractivity contribution in [3.63, 3.8) is 0 Å². The third-order valence-corrected chi connectivity index (χ3v) is 7.90. The van der Waals surface area contributed by atoms with Gasteiger partial charge in [-0.2, -0.15) is 0 Å². The van der Waals surface area contributed by atoms with Crippen LogP contribution in [0.2, 0.25) is 0 Å². The lowest BCUT2D eigenvalue weighted by atomic mass is 9.89. The first-order valence-corrected chi connectivity index (χ1v) is 13.1. The van der Waals surface area contributed by atoms with Crippen molar-refractivity contribution in [2.45, 2.75) is 49.0 Å². The minimum absolute atomic E-state index is 0.0426. The summed E-state index contributed by atoms with van der Waals surface area (Å²) in [5.74, 6) is -3.20. The number of nitrogens with zero attached hydrogens (tertiary/aromatic N) is 1. The summed E-state index contributed by atoms with van der Waals surface area (Å²) in [6, 6.07) is 7.94. The number of rotatable bonds is 7. The molecule has 182 valence electrons. The van der Waals surface area contributed by atoms with E-state index in [-0.39, 0.29) is 23.1 Å². The van der Waals surface area contributed by atoms with Crippen LogP contribution in [0.25, 0.3) is 11.1 Å². The van der Waals surface area contributed by atoms with Gasteiger partial charge in [-0.25, -0.2) is 26.3 Å². The van der Waals surface area contributed by atoms with E-state index in [9.17, 15) is 27.1 Å². The fraction of sp³-hybridized carbons (Fsp3) is 0.458. The number of likely N-dealkylation sites (tertiary alicyclic amines) is 1. The molecule has 0 unspecified atom stereocenters. The number of hydrogen-bond donors (Lipinski definition) is 2. The molecule has 0 aromatic heterocycles. The molecule has 10 heteroatoms. The summed E-state index contributed by atoms with van der Waals surface area (Å²) in [5.41, 5.74) is -3.57. The van der Waals surface area contributed by atoms with Crippen molar-refractivity contribution in [2.24, 2.45) is 5.92 Å². The van der Waals surface area contributed by atoms with Crippen molar-refractivity contribution < 1.29 is 31.5 Å². The van der Waals surface area contributed by atoms with Crippen LogP contribution >= 0.6 is 0 Å². The number of carbonyl (C=O) groups is 1. The molecule has 1 amide bonds. The lowest BCUT2D eigenvalue weighted by Gasteiger charge is -2.47. The van der Waals surface area contributed by atoms with Gasteiger partial charge in [0.25, 0.3) is 0 Å². The van der Waals surface area contributed by atoms with E-state index in [4.69, 9.17) is 0 Å². The molecule has 1 aliphatic heterocycles. The van der Waals surface area contributed by atoms with Crippen LogP contribution in [0.15, 0.2) is 42.5 Å². The van der Waals surface area contributed by atoms with Crippen molar-refractivity contribution in [1.82, 2.24) is 9.62 Å². The second-order valence-corrected chi connectivity index (χ2v) is 11.4. The molecule has 2 aromatic carbocycles.